The van der Waals surface area contributed by atoms with Crippen LogP contribution in [0.15, 0.2) is 48.7 Å². The van der Waals surface area contributed by atoms with Crippen LogP contribution in [0.4, 0.5) is 10.5 Å². The van der Waals surface area contributed by atoms with Crippen LogP contribution >= 0.6 is 0 Å². The highest BCUT2D eigenvalue weighted by molar-refractivity contribution is 5.92. The van der Waals surface area contributed by atoms with Gasteiger partial charge >= 0.3 is 6.09 Å². The third-order valence-electron chi connectivity index (χ3n) is 3.29. The second kappa shape index (κ2) is 5.17. The zero-order valence-electron chi connectivity index (χ0n) is 10.8. The van der Waals surface area contributed by atoms with Gasteiger partial charge in [0.25, 0.3) is 0 Å². The van der Waals surface area contributed by atoms with E-state index in [2.05, 4.69) is 4.98 Å². The topological polar surface area (TPSA) is 42.4 Å². The molecular formula is C16H13N2O2. The van der Waals surface area contributed by atoms with Crippen molar-refractivity contribution in [2.24, 2.45) is 0 Å². The largest absolute Gasteiger partial charge is 0.447 e. The number of ether oxygens (including phenoxy) is 1. The van der Waals surface area contributed by atoms with Gasteiger partial charge < -0.3 is 4.74 Å². The Morgan fingerprint density at radius 2 is 2.05 bits per heavy atom. The molecule has 1 atom stereocenters. The number of hydrogen-bond acceptors (Lipinski definition) is 3. The van der Waals surface area contributed by atoms with Gasteiger partial charge in [-0.3, -0.25) is 9.88 Å². The van der Waals surface area contributed by atoms with E-state index in [4.69, 9.17) is 11.3 Å². The minimum Gasteiger partial charge on any atom is -0.447 e. The molecule has 0 N–H and O–H groups in total. The Morgan fingerprint density at radius 3 is 2.80 bits per heavy atom. The molecule has 2 aromatic rings. The van der Waals surface area contributed by atoms with E-state index in [-0.39, 0.29) is 12.1 Å². The number of anilines is 1. The Labute approximate surface area is 117 Å². The molecule has 1 fully saturated rings. The van der Waals surface area contributed by atoms with Crippen LogP contribution in [0.5, 0.6) is 0 Å². The van der Waals surface area contributed by atoms with E-state index in [0.717, 1.165) is 5.56 Å². The average Bonchev–Trinajstić information content (AvgIpc) is 2.89. The highest BCUT2D eigenvalue weighted by Gasteiger charge is 2.36. The van der Waals surface area contributed by atoms with E-state index < -0.39 is 0 Å². The Balaban J connectivity index is 2.05. The van der Waals surface area contributed by atoms with Gasteiger partial charge in [0, 0.05) is 6.20 Å². The number of carbonyl (C=O) groups excluding carboxylic acids is 1. The van der Waals surface area contributed by atoms with Crippen LogP contribution in [-0.4, -0.2) is 17.7 Å². The standard InChI is InChI=1S/C16H13N2O2/c1-2-13-14(9-6-10-17-13)18-15(11-20-16(18)19)12-7-4-3-5-8-12/h1-10,15H,11H2/t15-/m0/s1. The summed E-state index contributed by atoms with van der Waals surface area (Å²) >= 11 is 0. The van der Waals surface area contributed by atoms with Crippen molar-refractivity contribution in [2.75, 3.05) is 11.5 Å². The second-order valence-electron chi connectivity index (χ2n) is 4.45. The molecule has 3 rings (SSSR count). The van der Waals surface area contributed by atoms with Gasteiger partial charge in [0.15, 0.2) is 0 Å². The molecule has 0 bridgehead atoms. The number of carbonyl (C=O) groups is 1. The summed E-state index contributed by atoms with van der Waals surface area (Å²) in [6.07, 6.45) is 2.65. The highest BCUT2D eigenvalue weighted by atomic mass is 16.6. The summed E-state index contributed by atoms with van der Waals surface area (Å²) in [6, 6.07) is 13.2. The zero-order chi connectivity index (χ0) is 13.9. The Bertz CT molecular complexity index is 640. The smallest absolute Gasteiger partial charge is 0.415 e. The van der Waals surface area contributed by atoms with E-state index in [0.29, 0.717) is 18.0 Å². The Kier molecular flexibility index (Phi) is 3.21. The van der Waals surface area contributed by atoms with Crippen molar-refractivity contribution in [3.8, 4) is 0 Å². The number of cyclic esters (lactones) is 1. The molecule has 4 heteroatoms. The van der Waals surface area contributed by atoms with Crippen LogP contribution in [0.3, 0.4) is 0 Å². The quantitative estimate of drug-likeness (QED) is 0.855. The number of rotatable bonds is 3. The molecule has 1 aliphatic rings. The summed E-state index contributed by atoms with van der Waals surface area (Å²) in [5.74, 6) is 0. The second-order valence-corrected chi connectivity index (χ2v) is 4.45. The molecule has 1 radical (unpaired) electrons. The first-order valence-corrected chi connectivity index (χ1v) is 6.32. The predicted molar refractivity (Wildman–Crippen MR) is 76.0 cm³/mol. The summed E-state index contributed by atoms with van der Waals surface area (Å²) in [5, 5.41) is 0. The van der Waals surface area contributed by atoms with Gasteiger partial charge in [-0.25, -0.2) is 4.79 Å². The lowest BCUT2D eigenvalue weighted by atomic mass is 10.1. The first-order chi connectivity index (χ1) is 9.81. The fourth-order valence-corrected chi connectivity index (χ4v) is 2.35. The number of pyridine rings is 1. The highest BCUT2D eigenvalue weighted by Crippen LogP contribution is 2.34. The fraction of sp³-hybridized carbons (Fsp3) is 0.125. The lowest BCUT2D eigenvalue weighted by Gasteiger charge is -2.22. The molecule has 1 aromatic carbocycles. The monoisotopic (exact) mass is 265 g/mol. The van der Waals surface area contributed by atoms with E-state index in [1.165, 1.54) is 6.08 Å². The van der Waals surface area contributed by atoms with Gasteiger partial charge in [-0.2, -0.15) is 0 Å². The summed E-state index contributed by atoms with van der Waals surface area (Å²) in [6.45, 7) is 5.90. The van der Waals surface area contributed by atoms with E-state index >= 15 is 0 Å². The Hall–Kier alpha value is -2.62. The van der Waals surface area contributed by atoms with E-state index in [9.17, 15) is 4.79 Å². The summed E-state index contributed by atoms with van der Waals surface area (Å²) in [5.41, 5.74) is 2.24. The molecule has 1 saturated heterocycles. The lowest BCUT2D eigenvalue weighted by Crippen LogP contribution is -2.28. The molecule has 2 heterocycles. The first-order valence-electron chi connectivity index (χ1n) is 6.32. The minimum absolute atomic E-state index is 0.161. The maximum absolute atomic E-state index is 12.0. The third kappa shape index (κ3) is 2.05. The van der Waals surface area contributed by atoms with Crippen molar-refractivity contribution in [3.63, 3.8) is 0 Å². The number of nitrogens with zero attached hydrogens (tertiary/aromatic N) is 2. The third-order valence-corrected chi connectivity index (χ3v) is 3.29. The van der Waals surface area contributed by atoms with Gasteiger partial charge in [-0.05, 0) is 23.8 Å². The Morgan fingerprint density at radius 1 is 1.25 bits per heavy atom. The molecule has 99 valence electrons. The van der Waals surface area contributed by atoms with Crippen molar-refractivity contribution in [1.82, 2.24) is 4.98 Å². The van der Waals surface area contributed by atoms with Crippen LogP contribution in [-0.2, 0) is 4.74 Å². The fourth-order valence-electron chi connectivity index (χ4n) is 2.35. The van der Waals surface area contributed by atoms with Crippen LogP contribution in [0.1, 0.15) is 17.3 Å². The lowest BCUT2D eigenvalue weighted by molar-refractivity contribution is 0.179. The summed E-state index contributed by atoms with van der Waals surface area (Å²) < 4.78 is 5.19. The van der Waals surface area contributed by atoms with Gasteiger partial charge in [0.1, 0.15) is 6.61 Å². The normalized spacial score (nSPS) is 17.9. The van der Waals surface area contributed by atoms with Crippen molar-refractivity contribution in [1.29, 1.82) is 0 Å². The van der Waals surface area contributed by atoms with Gasteiger partial charge in [-0.15, -0.1) is 0 Å². The molecular weight excluding hydrogens is 252 g/mol. The summed E-state index contributed by atoms with van der Waals surface area (Å²) in [7, 11) is 0. The van der Waals surface area contributed by atoms with Crippen LogP contribution in [0.2, 0.25) is 0 Å². The summed E-state index contributed by atoms with van der Waals surface area (Å²) in [4.78, 5) is 17.8. The number of hydrogen-bond donors (Lipinski definition) is 0. The van der Waals surface area contributed by atoms with Crippen LogP contribution < -0.4 is 4.90 Å². The molecule has 0 spiro atoms. The van der Waals surface area contributed by atoms with Crippen molar-refractivity contribution in [3.05, 3.63) is 66.5 Å². The molecule has 1 aliphatic heterocycles. The van der Waals surface area contributed by atoms with Gasteiger partial charge in [0.05, 0.1) is 17.4 Å². The number of benzene rings is 1. The SMILES string of the molecule is [CH]=Cc1ncccc1N1C(=O)OC[C@H]1c1ccccc1. The maximum Gasteiger partial charge on any atom is 0.415 e. The first kappa shape index (κ1) is 12.4. The van der Waals surface area contributed by atoms with E-state index in [1.807, 2.05) is 36.4 Å². The van der Waals surface area contributed by atoms with Crippen molar-refractivity contribution < 1.29 is 9.53 Å². The molecule has 1 amide bonds. The molecule has 4 nitrogen and oxygen atoms in total. The number of aromatic nitrogens is 1. The van der Waals surface area contributed by atoms with Gasteiger partial charge in [0.2, 0.25) is 0 Å². The van der Waals surface area contributed by atoms with Gasteiger partial charge in [-0.1, -0.05) is 36.9 Å². The molecule has 1 aromatic heterocycles. The minimum atomic E-state index is -0.380. The molecule has 0 unspecified atom stereocenters. The molecule has 20 heavy (non-hydrogen) atoms. The maximum atomic E-state index is 12.0. The van der Waals surface area contributed by atoms with Crippen LogP contribution in [0.25, 0.3) is 6.08 Å². The van der Waals surface area contributed by atoms with Crippen LogP contribution in [0, 0.1) is 6.58 Å². The van der Waals surface area contributed by atoms with E-state index in [1.54, 1.807) is 17.2 Å². The van der Waals surface area contributed by atoms with Crippen molar-refractivity contribution in [2.45, 2.75) is 6.04 Å². The average molecular weight is 265 g/mol. The predicted octanol–water partition coefficient (Wildman–Crippen LogP) is 3.23. The number of amides is 1. The molecule has 0 saturated carbocycles. The van der Waals surface area contributed by atoms with Crippen molar-refractivity contribution >= 4 is 17.9 Å². The molecule has 0 aliphatic carbocycles. The zero-order valence-corrected chi connectivity index (χ0v) is 10.8.